The van der Waals surface area contributed by atoms with Crippen molar-refractivity contribution in [3.05, 3.63) is 22.7 Å². The van der Waals surface area contributed by atoms with Gasteiger partial charge in [0.05, 0.1) is 24.7 Å². The second-order valence-corrected chi connectivity index (χ2v) is 3.84. The van der Waals surface area contributed by atoms with E-state index in [1.165, 1.54) is 16.8 Å². The standard InChI is InChI=1S/C10H12N4O3/c11-4-6-3-7(5-15)17-9(6)14-2-1-8(12)13-10(14)16/h1-2,6-7,9,15H,3,5H2,(H2,12,13,16)/t6?,7-,9?/m0/s1. The zero-order valence-electron chi connectivity index (χ0n) is 8.98. The first-order valence-electron chi connectivity index (χ1n) is 5.16. The van der Waals surface area contributed by atoms with Gasteiger partial charge in [-0.3, -0.25) is 4.57 Å². The molecule has 0 aliphatic carbocycles. The number of hydrogen-bond donors (Lipinski definition) is 2. The van der Waals surface area contributed by atoms with Gasteiger partial charge in [-0.2, -0.15) is 10.2 Å². The molecule has 0 spiro atoms. The van der Waals surface area contributed by atoms with Gasteiger partial charge in [0, 0.05) is 6.20 Å². The first kappa shape index (κ1) is 11.6. The molecule has 90 valence electrons. The highest BCUT2D eigenvalue weighted by atomic mass is 16.5. The third kappa shape index (κ3) is 2.13. The van der Waals surface area contributed by atoms with E-state index in [-0.39, 0.29) is 12.4 Å². The van der Waals surface area contributed by atoms with Crippen molar-refractivity contribution >= 4 is 5.82 Å². The number of nitrogens with zero attached hydrogens (tertiary/aromatic N) is 3. The van der Waals surface area contributed by atoms with Gasteiger partial charge in [-0.15, -0.1) is 0 Å². The summed E-state index contributed by atoms with van der Waals surface area (Å²) in [6.45, 7) is -0.175. The number of nitrogens with two attached hydrogens (primary N) is 1. The summed E-state index contributed by atoms with van der Waals surface area (Å²) in [6.07, 6.45) is 0.709. The molecule has 2 unspecified atom stereocenters. The number of aliphatic hydroxyl groups is 1. The van der Waals surface area contributed by atoms with Crippen LogP contribution in [0, 0.1) is 17.2 Å². The third-order valence-corrected chi connectivity index (χ3v) is 2.69. The highest BCUT2D eigenvalue weighted by Gasteiger charge is 2.36. The Morgan fingerprint density at radius 3 is 3.12 bits per heavy atom. The Kier molecular flexibility index (Phi) is 3.08. The monoisotopic (exact) mass is 236 g/mol. The molecule has 7 nitrogen and oxygen atoms in total. The summed E-state index contributed by atoms with van der Waals surface area (Å²) >= 11 is 0. The lowest BCUT2D eigenvalue weighted by Crippen LogP contribution is -2.30. The number of nitriles is 1. The molecule has 3 atom stereocenters. The third-order valence-electron chi connectivity index (χ3n) is 2.69. The van der Waals surface area contributed by atoms with Crippen molar-refractivity contribution in [3.8, 4) is 6.07 Å². The Hall–Kier alpha value is -1.91. The molecule has 1 saturated heterocycles. The summed E-state index contributed by atoms with van der Waals surface area (Å²) in [5.41, 5.74) is 4.82. The molecule has 0 radical (unpaired) electrons. The second-order valence-electron chi connectivity index (χ2n) is 3.84. The first-order valence-corrected chi connectivity index (χ1v) is 5.16. The van der Waals surface area contributed by atoms with E-state index >= 15 is 0 Å². The van der Waals surface area contributed by atoms with Crippen LogP contribution in [0.2, 0.25) is 0 Å². The van der Waals surface area contributed by atoms with Crippen molar-refractivity contribution in [3.63, 3.8) is 0 Å². The highest BCUT2D eigenvalue weighted by molar-refractivity contribution is 5.23. The van der Waals surface area contributed by atoms with Gasteiger partial charge in [-0.05, 0) is 12.5 Å². The van der Waals surface area contributed by atoms with Crippen molar-refractivity contribution in [2.24, 2.45) is 5.92 Å². The van der Waals surface area contributed by atoms with E-state index in [1.54, 1.807) is 0 Å². The molecule has 2 rings (SSSR count). The fourth-order valence-corrected chi connectivity index (χ4v) is 1.86. The predicted molar refractivity (Wildman–Crippen MR) is 57.6 cm³/mol. The molecule has 0 bridgehead atoms. The molecule has 1 fully saturated rings. The minimum Gasteiger partial charge on any atom is -0.394 e. The largest absolute Gasteiger partial charge is 0.394 e. The smallest absolute Gasteiger partial charge is 0.351 e. The quantitative estimate of drug-likeness (QED) is 0.698. The van der Waals surface area contributed by atoms with Crippen LogP contribution >= 0.6 is 0 Å². The van der Waals surface area contributed by atoms with Crippen LogP contribution in [0.4, 0.5) is 5.82 Å². The van der Waals surface area contributed by atoms with Crippen molar-refractivity contribution in [1.82, 2.24) is 9.55 Å². The minimum atomic E-state index is -0.710. The maximum absolute atomic E-state index is 11.6. The van der Waals surface area contributed by atoms with Crippen LogP contribution in [0.25, 0.3) is 0 Å². The fraction of sp³-hybridized carbons (Fsp3) is 0.500. The Balaban J connectivity index is 2.33. The molecule has 1 aromatic rings. The molecular weight excluding hydrogens is 224 g/mol. The molecule has 1 aromatic heterocycles. The average molecular weight is 236 g/mol. The zero-order valence-corrected chi connectivity index (χ0v) is 8.98. The van der Waals surface area contributed by atoms with Crippen LogP contribution in [0.5, 0.6) is 0 Å². The van der Waals surface area contributed by atoms with Gasteiger partial charge in [0.25, 0.3) is 0 Å². The molecule has 1 aliphatic heterocycles. The number of hydrogen-bond acceptors (Lipinski definition) is 6. The van der Waals surface area contributed by atoms with Crippen LogP contribution in [0.15, 0.2) is 17.1 Å². The second kappa shape index (κ2) is 4.53. The lowest BCUT2D eigenvalue weighted by Gasteiger charge is -2.16. The summed E-state index contributed by atoms with van der Waals surface area (Å²) in [5, 5.41) is 18.0. The van der Waals surface area contributed by atoms with Crippen LogP contribution in [0.1, 0.15) is 12.6 Å². The Morgan fingerprint density at radius 2 is 2.53 bits per heavy atom. The maximum Gasteiger partial charge on any atom is 0.351 e. The normalized spacial score (nSPS) is 27.9. The summed E-state index contributed by atoms with van der Waals surface area (Å²) in [4.78, 5) is 15.2. The molecule has 0 saturated carbocycles. The van der Waals surface area contributed by atoms with Crippen LogP contribution in [-0.4, -0.2) is 27.4 Å². The summed E-state index contributed by atoms with van der Waals surface area (Å²) in [6, 6.07) is 3.53. The van der Waals surface area contributed by atoms with Gasteiger partial charge in [0.2, 0.25) is 0 Å². The zero-order chi connectivity index (χ0) is 12.4. The SMILES string of the molecule is N#CC1C[C@@H](CO)OC1n1ccc(N)nc1=O. The van der Waals surface area contributed by atoms with Gasteiger partial charge in [-0.25, -0.2) is 4.79 Å². The topological polar surface area (TPSA) is 114 Å². The number of rotatable bonds is 2. The van der Waals surface area contributed by atoms with E-state index in [2.05, 4.69) is 11.1 Å². The van der Waals surface area contributed by atoms with E-state index in [4.69, 9.17) is 20.8 Å². The summed E-state index contributed by atoms with van der Waals surface area (Å²) in [5.74, 6) is -0.355. The van der Waals surface area contributed by atoms with E-state index in [0.29, 0.717) is 6.42 Å². The van der Waals surface area contributed by atoms with Gasteiger partial charge < -0.3 is 15.6 Å². The Bertz CT molecular complexity index is 507. The molecule has 1 aliphatic rings. The van der Waals surface area contributed by atoms with Crippen LogP contribution < -0.4 is 11.4 Å². The van der Waals surface area contributed by atoms with Crippen molar-refractivity contribution in [2.75, 3.05) is 12.3 Å². The average Bonchev–Trinajstić information content (AvgIpc) is 2.72. The van der Waals surface area contributed by atoms with Crippen molar-refractivity contribution in [1.29, 1.82) is 5.26 Å². The van der Waals surface area contributed by atoms with Gasteiger partial charge in [0.15, 0.2) is 6.23 Å². The number of ether oxygens (including phenoxy) is 1. The van der Waals surface area contributed by atoms with E-state index < -0.39 is 23.9 Å². The molecule has 0 amide bonds. The van der Waals surface area contributed by atoms with E-state index in [0.717, 1.165) is 0 Å². The number of anilines is 1. The maximum atomic E-state index is 11.6. The number of nitrogen functional groups attached to an aromatic ring is 1. The lowest BCUT2D eigenvalue weighted by atomic mass is 10.1. The molecule has 0 aromatic carbocycles. The van der Waals surface area contributed by atoms with E-state index in [1.807, 2.05) is 0 Å². The summed E-state index contributed by atoms with van der Waals surface area (Å²) in [7, 11) is 0. The van der Waals surface area contributed by atoms with Gasteiger partial charge in [0.1, 0.15) is 5.82 Å². The van der Waals surface area contributed by atoms with Gasteiger partial charge >= 0.3 is 5.69 Å². The Morgan fingerprint density at radius 1 is 1.76 bits per heavy atom. The van der Waals surface area contributed by atoms with Crippen LogP contribution in [-0.2, 0) is 4.74 Å². The Labute approximate surface area is 97.1 Å². The van der Waals surface area contributed by atoms with Crippen LogP contribution in [0.3, 0.4) is 0 Å². The molecular formula is C10H12N4O3. The minimum absolute atomic E-state index is 0.122. The van der Waals surface area contributed by atoms with E-state index in [9.17, 15) is 4.79 Å². The summed E-state index contributed by atoms with van der Waals surface area (Å²) < 4.78 is 6.65. The molecule has 7 heteroatoms. The first-order chi connectivity index (χ1) is 8.15. The lowest BCUT2D eigenvalue weighted by molar-refractivity contribution is -0.0304. The predicted octanol–water partition coefficient (Wildman–Crippen LogP) is -0.755. The highest BCUT2D eigenvalue weighted by Crippen LogP contribution is 2.32. The van der Waals surface area contributed by atoms with Crippen molar-refractivity contribution < 1.29 is 9.84 Å². The molecule has 2 heterocycles. The molecule has 3 N–H and O–H groups in total. The fourth-order valence-electron chi connectivity index (χ4n) is 1.86. The number of aliphatic hydroxyl groups excluding tert-OH is 1. The molecule has 17 heavy (non-hydrogen) atoms. The van der Waals surface area contributed by atoms with Gasteiger partial charge in [-0.1, -0.05) is 0 Å². The number of aromatic nitrogens is 2. The van der Waals surface area contributed by atoms with Crippen molar-refractivity contribution in [2.45, 2.75) is 18.8 Å².